The molecule has 2 bridgehead atoms. The number of nitrogens with zero attached hydrogens (tertiary/aromatic N) is 4. The van der Waals surface area contributed by atoms with E-state index in [0.717, 1.165) is 35.6 Å². The number of aromatic nitrogens is 4. The monoisotopic (exact) mass is 302 g/mol. The molecule has 110 valence electrons. The van der Waals surface area contributed by atoms with Gasteiger partial charge in [0.1, 0.15) is 0 Å². The predicted octanol–water partition coefficient (Wildman–Crippen LogP) is 3.25. The van der Waals surface area contributed by atoms with E-state index in [2.05, 4.69) is 15.5 Å². The average Bonchev–Trinajstić information content (AvgIpc) is 3.24. The number of benzene rings is 1. The van der Waals surface area contributed by atoms with Crippen LogP contribution < -0.4 is 0 Å². The van der Waals surface area contributed by atoms with E-state index in [1.165, 1.54) is 25.7 Å². The van der Waals surface area contributed by atoms with E-state index in [1.807, 2.05) is 35.0 Å². The van der Waals surface area contributed by atoms with Crippen molar-refractivity contribution < 1.29 is 0 Å². The number of halogens is 1. The van der Waals surface area contributed by atoms with E-state index in [0.29, 0.717) is 0 Å². The lowest BCUT2D eigenvalue weighted by Crippen LogP contribution is -2.33. The lowest BCUT2D eigenvalue weighted by Gasteiger charge is -2.35. The molecular formula is C16H19ClN4. The summed E-state index contributed by atoms with van der Waals surface area (Å²) in [6.07, 6.45) is 6.18. The third kappa shape index (κ3) is 2.16. The van der Waals surface area contributed by atoms with Crippen LogP contribution in [0.5, 0.6) is 0 Å². The summed E-state index contributed by atoms with van der Waals surface area (Å²) in [5, 5.41) is 12.3. The fourth-order valence-electron chi connectivity index (χ4n) is 4.39. The maximum Gasteiger partial charge on any atom is 0.157 e. The summed E-state index contributed by atoms with van der Waals surface area (Å²) in [6, 6.07) is 10.1. The quantitative estimate of drug-likeness (QED) is 0.814. The molecule has 0 amide bonds. The van der Waals surface area contributed by atoms with Crippen molar-refractivity contribution in [1.29, 1.82) is 0 Å². The number of hydrogen-bond acceptors (Lipinski definition) is 3. The van der Waals surface area contributed by atoms with Crippen LogP contribution in [0.1, 0.15) is 31.5 Å². The molecule has 4 rings (SSSR count). The smallest absolute Gasteiger partial charge is 0.157 e. The predicted molar refractivity (Wildman–Crippen MR) is 81.5 cm³/mol. The Labute approximate surface area is 129 Å². The first-order valence-corrected chi connectivity index (χ1v) is 8.23. The van der Waals surface area contributed by atoms with Crippen LogP contribution in [0.15, 0.2) is 30.3 Å². The van der Waals surface area contributed by atoms with Crippen LogP contribution in [0.25, 0.3) is 5.69 Å². The zero-order chi connectivity index (χ0) is 14.3. The Kier molecular flexibility index (Phi) is 3.21. The summed E-state index contributed by atoms with van der Waals surface area (Å²) in [6.45, 7) is 0. The second kappa shape index (κ2) is 5.09. The number of fused-ring (bicyclic) bond motifs is 2. The van der Waals surface area contributed by atoms with Crippen molar-refractivity contribution in [3.05, 3.63) is 36.2 Å². The van der Waals surface area contributed by atoms with Gasteiger partial charge in [0.05, 0.1) is 5.69 Å². The van der Waals surface area contributed by atoms with Crippen LogP contribution in [-0.2, 0) is 6.42 Å². The van der Waals surface area contributed by atoms with Crippen molar-refractivity contribution >= 4 is 11.6 Å². The molecule has 2 saturated carbocycles. The topological polar surface area (TPSA) is 43.6 Å². The van der Waals surface area contributed by atoms with Crippen molar-refractivity contribution in [3.63, 3.8) is 0 Å². The first-order chi connectivity index (χ1) is 10.3. The first kappa shape index (κ1) is 13.3. The van der Waals surface area contributed by atoms with Crippen LogP contribution in [0.2, 0.25) is 0 Å². The van der Waals surface area contributed by atoms with Crippen molar-refractivity contribution in [1.82, 2.24) is 20.2 Å². The van der Waals surface area contributed by atoms with Crippen molar-refractivity contribution in [3.8, 4) is 5.69 Å². The van der Waals surface area contributed by atoms with Gasteiger partial charge in [-0.05, 0) is 59.1 Å². The second-order valence-corrected chi connectivity index (χ2v) is 6.86. The molecule has 0 saturated heterocycles. The molecule has 2 aromatic rings. The van der Waals surface area contributed by atoms with Crippen LogP contribution in [0.4, 0.5) is 0 Å². The van der Waals surface area contributed by atoms with Gasteiger partial charge in [-0.2, -0.15) is 4.68 Å². The Morgan fingerprint density at radius 2 is 2.10 bits per heavy atom. The summed E-state index contributed by atoms with van der Waals surface area (Å²) in [5.74, 6) is 3.28. The van der Waals surface area contributed by atoms with Gasteiger partial charge in [0.2, 0.25) is 0 Å². The zero-order valence-electron chi connectivity index (χ0n) is 12.0. The van der Waals surface area contributed by atoms with Gasteiger partial charge in [-0.1, -0.05) is 24.6 Å². The summed E-state index contributed by atoms with van der Waals surface area (Å²) < 4.78 is 1.86. The number of alkyl halides is 1. The lowest BCUT2D eigenvalue weighted by molar-refractivity contribution is 0.188. The largest absolute Gasteiger partial charge is 0.197 e. The van der Waals surface area contributed by atoms with Crippen LogP contribution in [0.3, 0.4) is 0 Å². The molecule has 1 aromatic heterocycles. The molecular weight excluding hydrogens is 284 g/mol. The molecule has 3 atom stereocenters. The Bertz CT molecular complexity index is 626. The Hall–Kier alpha value is -1.42. The Balaban J connectivity index is 1.65. The minimum Gasteiger partial charge on any atom is -0.197 e. The molecule has 5 heteroatoms. The highest BCUT2D eigenvalue weighted by Crippen LogP contribution is 2.57. The van der Waals surface area contributed by atoms with Gasteiger partial charge in [-0.15, -0.1) is 16.7 Å². The molecule has 2 fully saturated rings. The molecule has 0 radical (unpaired) electrons. The molecule has 2 aliphatic carbocycles. The summed E-state index contributed by atoms with van der Waals surface area (Å²) in [5.41, 5.74) is 1.22. The van der Waals surface area contributed by atoms with Gasteiger partial charge in [0, 0.05) is 12.3 Å². The van der Waals surface area contributed by atoms with Gasteiger partial charge >= 0.3 is 0 Å². The molecule has 3 unspecified atom stereocenters. The Morgan fingerprint density at radius 3 is 2.76 bits per heavy atom. The standard InChI is InChI=1S/C16H19ClN4/c17-11-16(9-12-6-7-13(16)8-12)10-15-18-19-20-21(15)14-4-2-1-3-5-14/h1-5,12-13H,6-11H2. The summed E-state index contributed by atoms with van der Waals surface area (Å²) in [4.78, 5) is 0. The maximum absolute atomic E-state index is 6.40. The fraction of sp³-hybridized carbons (Fsp3) is 0.562. The van der Waals surface area contributed by atoms with Crippen molar-refractivity contribution in [2.75, 3.05) is 5.88 Å². The molecule has 0 aliphatic heterocycles. The number of tetrazole rings is 1. The van der Waals surface area contributed by atoms with Gasteiger partial charge in [0.25, 0.3) is 0 Å². The van der Waals surface area contributed by atoms with E-state index in [4.69, 9.17) is 11.6 Å². The molecule has 1 heterocycles. The van der Waals surface area contributed by atoms with Crippen molar-refractivity contribution in [2.45, 2.75) is 32.1 Å². The number of para-hydroxylation sites is 1. The third-order valence-electron chi connectivity index (χ3n) is 5.41. The van der Waals surface area contributed by atoms with Crippen molar-refractivity contribution in [2.24, 2.45) is 17.3 Å². The van der Waals surface area contributed by atoms with Gasteiger partial charge < -0.3 is 0 Å². The minimum absolute atomic E-state index is 0.200. The van der Waals surface area contributed by atoms with Crippen LogP contribution in [-0.4, -0.2) is 26.1 Å². The summed E-state index contributed by atoms with van der Waals surface area (Å²) >= 11 is 6.40. The maximum atomic E-state index is 6.40. The average molecular weight is 303 g/mol. The van der Waals surface area contributed by atoms with Gasteiger partial charge in [-0.25, -0.2) is 0 Å². The van der Waals surface area contributed by atoms with E-state index in [1.54, 1.807) is 0 Å². The highest BCUT2D eigenvalue weighted by atomic mass is 35.5. The number of rotatable bonds is 4. The molecule has 1 aromatic carbocycles. The molecule has 4 nitrogen and oxygen atoms in total. The minimum atomic E-state index is 0.200. The van der Waals surface area contributed by atoms with E-state index < -0.39 is 0 Å². The van der Waals surface area contributed by atoms with E-state index in [9.17, 15) is 0 Å². The van der Waals surface area contributed by atoms with E-state index >= 15 is 0 Å². The second-order valence-electron chi connectivity index (χ2n) is 6.60. The van der Waals surface area contributed by atoms with Crippen LogP contribution in [0, 0.1) is 17.3 Å². The zero-order valence-corrected chi connectivity index (χ0v) is 12.7. The molecule has 2 aliphatic rings. The first-order valence-electron chi connectivity index (χ1n) is 7.69. The van der Waals surface area contributed by atoms with Gasteiger partial charge in [0.15, 0.2) is 5.82 Å². The highest BCUT2D eigenvalue weighted by Gasteiger charge is 2.50. The third-order valence-corrected chi connectivity index (χ3v) is 5.95. The fourth-order valence-corrected chi connectivity index (χ4v) is 4.81. The molecule has 0 N–H and O–H groups in total. The van der Waals surface area contributed by atoms with Gasteiger partial charge in [-0.3, -0.25) is 0 Å². The lowest BCUT2D eigenvalue weighted by atomic mass is 9.72. The highest BCUT2D eigenvalue weighted by molar-refractivity contribution is 6.18. The molecule has 0 spiro atoms. The van der Waals surface area contributed by atoms with E-state index in [-0.39, 0.29) is 5.41 Å². The SMILES string of the molecule is ClCC1(Cc2nnnn2-c2ccccc2)CC2CCC1C2. The summed E-state index contributed by atoms with van der Waals surface area (Å²) in [7, 11) is 0. The van der Waals surface area contributed by atoms with Crippen LogP contribution >= 0.6 is 11.6 Å². The normalized spacial score (nSPS) is 30.9. The Morgan fingerprint density at radius 1 is 1.24 bits per heavy atom. The number of hydrogen-bond donors (Lipinski definition) is 0. The molecule has 21 heavy (non-hydrogen) atoms.